The molecule has 0 saturated carbocycles. The summed E-state index contributed by atoms with van der Waals surface area (Å²) < 4.78 is 1.60. The van der Waals surface area contributed by atoms with Crippen LogP contribution in [0.2, 0.25) is 0 Å². The fourth-order valence-electron chi connectivity index (χ4n) is 3.67. The van der Waals surface area contributed by atoms with Crippen molar-refractivity contribution in [2.45, 2.75) is 46.7 Å². The molecule has 0 spiro atoms. The second kappa shape index (κ2) is 7.78. The van der Waals surface area contributed by atoms with Crippen molar-refractivity contribution in [1.82, 2.24) is 9.55 Å². The summed E-state index contributed by atoms with van der Waals surface area (Å²) in [4.78, 5) is 22.2. The van der Waals surface area contributed by atoms with Crippen LogP contribution in [-0.4, -0.2) is 15.5 Å². The van der Waals surface area contributed by atoms with Gasteiger partial charge in [0.15, 0.2) is 6.17 Å². The minimum Gasteiger partial charge on any atom is -0.326 e. The van der Waals surface area contributed by atoms with Crippen molar-refractivity contribution in [3.05, 3.63) is 86.8 Å². The molecule has 1 atom stereocenters. The third-order valence-electron chi connectivity index (χ3n) is 5.34. The SMILES string of the molecule is Cc1ccc(NC2=N[C@@H](c3ccc(C(C)C)cc3)n3c(nc(C)cc3=O)N2)c(C)c1. The number of aliphatic imine (C=N–C) groups is 1. The summed E-state index contributed by atoms with van der Waals surface area (Å²) in [5, 5.41) is 6.56. The van der Waals surface area contributed by atoms with E-state index in [4.69, 9.17) is 4.99 Å². The van der Waals surface area contributed by atoms with Crippen molar-refractivity contribution in [2.24, 2.45) is 4.99 Å². The molecule has 0 bridgehead atoms. The fourth-order valence-corrected chi connectivity index (χ4v) is 3.67. The Labute approximate surface area is 176 Å². The van der Waals surface area contributed by atoms with E-state index in [1.54, 1.807) is 10.6 Å². The van der Waals surface area contributed by atoms with Gasteiger partial charge in [-0.05, 0) is 49.4 Å². The highest BCUT2D eigenvalue weighted by Crippen LogP contribution is 2.27. The summed E-state index contributed by atoms with van der Waals surface area (Å²) in [6, 6.07) is 16.0. The zero-order valence-electron chi connectivity index (χ0n) is 18.0. The van der Waals surface area contributed by atoms with Gasteiger partial charge >= 0.3 is 0 Å². The van der Waals surface area contributed by atoms with E-state index in [-0.39, 0.29) is 5.56 Å². The molecular weight excluding hydrogens is 374 g/mol. The summed E-state index contributed by atoms with van der Waals surface area (Å²) in [6.07, 6.45) is -0.490. The van der Waals surface area contributed by atoms with Gasteiger partial charge in [0.2, 0.25) is 11.9 Å². The number of nitrogens with zero attached hydrogens (tertiary/aromatic N) is 3. The predicted molar refractivity (Wildman–Crippen MR) is 123 cm³/mol. The summed E-state index contributed by atoms with van der Waals surface area (Å²) in [5.41, 5.74) is 6.02. The molecule has 0 unspecified atom stereocenters. The van der Waals surface area contributed by atoms with Crippen LogP contribution in [-0.2, 0) is 0 Å². The molecule has 1 aliphatic heterocycles. The molecule has 4 rings (SSSR count). The molecule has 6 heteroatoms. The van der Waals surface area contributed by atoms with E-state index in [0.717, 1.165) is 16.8 Å². The summed E-state index contributed by atoms with van der Waals surface area (Å²) >= 11 is 0. The van der Waals surface area contributed by atoms with Crippen LogP contribution in [0.1, 0.15) is 53.9 Å². The Balaban J connectivity index is 1.78. The van der Waals surface area contributed by atoms with Crippen LogP contribution in [0, 0.1) is 20.8 Å². The molecule has 2 N–H and O–H groups in total. The molecular formula is C24H27N5O. The van der Waals surface area contributed by atoms with Gasteiger partial charge in [0.05, 0.1) is 0 Å². The van der Waals surface area contributed by atoms with Crippen LogP contribution in [0.5, 0.6) is 0 Å². The fraction of sp³-hybridized carbons (Fsp3) is 0.292. The van der Waals surface area contributed by atoms with Crippen LogP contribution in [0.4, 0.5) is 11.6 Å². The maximum absolute atomic E-state index is 12.8. The number of aromatic nitrogens is 2. The number of hydrogen-bond donors (Lipinski definition) is 2. The molecule has 6 nitrogen and oxygen atoms in total. The summed E-state index contributed by atoms with van der Waals surface area (Å²) in [6.45, 7) is 10.3. The van der Waals surface area contributed by atoms with Gasteiger partial charge in [0.1, 0.15) is 0 Å². The molecule has 1 aliphatic rings. The van der Waals surface area contributed by atoms with Gasteiger partial charge in [-0.3, -0.25) is 14.7 Å². The standard InChI is InChI=1S/C24H27N5O/c1-14(2)18-7-9-19(10-8-18)22-27-23(26-20-11-6-15(3)12-16(20)4)28-24-25-17(5)13-21(30)29(22)24/h6-14,22H,1-5H3,(H2,25,26,27,28)/t22-/m1/s1. The first-order valence-electron chi connectivity index (χ1n) is 10.2. The summed E-state index contributed by atoms with van der Waals surface area (Å²) in [7, 11) is 0. The topological polar surface area (TPSA) is 71.3 Å². The van der Waals surface area contributed by atoms with Crippen LogP contribution in [0.25, 0.3) is 0 Å². The largest absolute Gasteiger partial charge is 0.326 e. The van der Waals surface area contributed by atoms with Gasteiger partial charge in [-0.15, -0.1) is 0 Å². The first kappa shape index (κ1) is 19.9. The Bertz CT molecular complexity index is 1180. The smallest absolute Gasteiger partial charge is 0.257 e. The Morgan fingerprint density at radius 1 is 1.03 bits per heavy atom. The predicted octanol–water partition coefficient (Wildman–Crippen LogP) is 4.73. The number of guanidine groups is 1. The minimum absolute atomic E-state index is 0.128. The van der Waals surface area contributed by atoms with E-state index in [0.29, 0.717) is 23.5 Å². The molecule has 1 aromatic heterocycles. The van der Waals surface area contributed by atoms with Crippen molar-refractivity contribution in [1.29, 1.82) is 0 Å². The van der Waals surface area contributed by atoms with Crippen molar-refractivity contribution >= 4 is 17.6 Å². The van der Waals surface area contributed by atoms with E-state index in [1.165, 1.54) is 11.1 Å². The maximum atomic E-state index is 12.8. The van der Waals surface area contributed by atoms with Crippen LogP contribution < -0.4 is 16.2 Å². The second-order valence-corrected chi connectivity index (χ2v) is 8.17. The van der Waals surface area contributed by atoms with Crippen molar-refractivity contribution in [3.63, 3.8) is 0 Å². The average Bonchev–Trinajstić information content (AvgIpc) is 2.69. The van der Waals surface area contributed by atoms with Crippen LogP contribution >= 0.6 is 0 Å². The van der Waals surface area contributed by atoms with Gasteiger partial charge in [-0.1, -0.05) is 55.8 Å². The molecule has 0 fully saturated rings. The van der Waals surface area contributed by atoms with Gasteiger partial charge in [0, 0.05) is 17.4 Å². The Morgan fingerprint density at radius 3 is 2.43 bits per heavy atom. The Hall–Kier alpha value is -3.41. The van der Waals surface area contributed by atoms with Gasteiger partial charge in [-0.25, -0.2) is 9.98 Å². The zero-order chi connectivity index (χ0) is 21.4. The minimum atomic E-state index is -0.490. The molecule has 0 saturated heterocycles. The van der Waals surface area contributed by atoms with E-state index < -0.39 is 6.17 Å². The number of nitrogens with one attached hydrogen (secondary N) is 2. The third kappa shape index (κ3) is 3.85. The lowest BCUT2D eigenvalue weighted by atomic mass is 10.0. The lowest BCUT2D eigenvalue weighted by molar-refractivity contribution is 0.577. The second-order valence-electron chi connectivity index (χ2n) is 8.17. The number of fused-ring (bicyclic) bond motifs is 1. The van der Waals surface area contributed by atoms with E-state index in [2.05, 4.69) is 67.6 Å². The lowest BCUT2D eigenvalue weighted by Gasteiger charge is -2.27. The van der Waals surface area contributed by atoms with Gasteiger partial charge < -0.3 is 5.32 Å². The molecule has 0 amide bonds. The first-order chi connectivity index (χ1) is 14.3. The average molecular weight is 402 g/mol. The number of anilines is 2. The molecule has 0 aliphatic carbocycles. The molecule has 2 heterocycles. The highest BCUT2D eigenvalue weighted by atomic mass is 16.1. The quantitative estimate of drug-likeness (QED) is 0.665. The van der Waals surface area contributed by atoms with E-state index in [9.17, 15) is 4.79 Å². The normalized spacial score (nSPS) is 15.4. The number of rotatable bonds is 3. The zero-order valence-corrected chi connectivity index (χ0v) is 18.0. The highest BCUT2D eigenvalue weighted by Gasteiger charge is 2.25. The number of aryl methyl sites for hydroxylation is 3. The molecule has 30 heavy (non-hydrogen) atoms. The Kier molecular flexibility index (Phi) is 5.16. The molecule has 154 valence electrons. The monoisotopic (exact) mass is 401 g/mol. The van der Waals surface area contributed by atoms with E-state index in [1.807, 2.05) is 25.1 Å². The first-order valence-corrected chi connectivity index (χ1v) is 10.2. The van der Waals surface area contributed by atoms with Gasteiger partial charge in [-0.2, -0.15) is 0 Å². The molecule has 0 radical (unpaired) electrons. The van der Waals surface area contributed by atoms with E-state index >= 15 is 0 Å². The van der Waals surface area contributed by atoms with Crippen LogP contribution in [0.3, 0.4) is 0 Å². The highest BCUT2D eigenvalue weighted by molar-refractivity contribution is 6.04. The third-order valence-corrected chi connectivity index (χ3v) is 5.34. The van der Waals surface area contributed by atoms with Crippen molar-refractivity contribution < 1.29 is 0 Å². The summed E-state index contributed by atoms with van der Waals surface area (Å²) in [5.74, 6) is 1.49. The number of hydrogen-bond acceptors (Lipinski definition) is 5. The lowest BCUT2D eigenvalue weighted by Crippen LogP contribution is -2.37. The molecule has 3 aromatic rings. The Morgan fingerprint density at radius 2 is 1.77 bits per heavy atom. The van der Waals surface area contributed by atoms with Crippen molar-refractivity contribution in [3.8, 4) is 0 Å². The van der Waals surface area contributed by atoms with Crippen LogP contribution in [0.15, 0.2) is 58.3 Å². The molecule has 2 aromatic carbocycles. The maximum Gasteiger partial charge on any atom is 0.257 e. The number of benzene rings is 2. The van der Waals surface area contributed by atoms with Crippen molar-refractivity contribution in [2.75, 3.05) is 10.6 Å². The van der Waals surface area contributed by atoms with Gasteiger partial charge in [0.25, 0.3) is 5.56 Å².